The number of furan rings is 1. The van der Waals surface area contributed by atoms with Gasteiger partial charge in [-0.25, -0.2) is 9.47 Å². The molecular formula is C18H19N5O4S. The number of amides is 1. The minimum absolute atomic E-state index is 0.176. The van der Waals surface area contributed by atoms with Crippen LogP contribution in [0.25, 0.3) is 11.6 Å². The predicted molar refractivity (Wildman–Crippen MR) is 103 cm³/mol. The van der Waals surface area contributed by atoms with Crippen molar-refractivity contribution < 1.29 is 18.7 Å². The monoisotopic (exact) mass is 401 g/mol. The number of hydrogen-bond acceptors (Lipinski definition) is 8. The van der Waals surface area contributed by atoms with Crippen LogP contribution in [-0.4, -0.2) is 39.1 Å². The molecule has 28 heavy (non-hydrogen) atoms. The first-order chi connectivity index (χ1) is 13.5. The van der Waals surface area contributed by atoms with E-state index < -0.39 is 11.2 Å². The molecule has 3 aromatic rings. The molecule has 0 aliphatic heterocycles. The molecule has 3 rings (SSSR count). The van der Waals surface area contributed by atoms with E-state index >= 15 is 0 Å². The van der Waals surface area contributed by atoms with Crippen LogP contribution >= 0.6 is 11.8 Å². The van der Waals surface area contributed by atoms with Crippen LogP contribution in [0.4, 0.5) is 0 Å². The second-order valence-electron chi connectivity index (χ2n) is 5.82. The van der Waals surface area contributed by atoms with Crippen LogP contribution in [0.15, 0.2) is 52.2 Å². The lowest BCUT2D eigenvalue weighted by atomic mass is 10.1. The molecule has 9 nitrogen and oxygen atoms in total. The fourth-order valence-corrected chi connectivity index (χ4v) is 3.15. The molecule has 2 aromatic heterocycles. The number of hydrogen-bond donors (Lipinski definition) is 2. The summed E-state index contributed by atoms with van der Waals surface area (Å²) in [6.45, 7) is 2.08. The topological polar surface area (TPSA) is 125 Å². The molecule has 2 heterocycles. The summed E-state index contributed by atoms with van der Waals surface area (Å²) < 4.78 is 11.2. The molecule has 10 heteroatoms. The van der Waals surface area contributed by atoms with Crippen LogP contribution in [0.1, 0.15) is 22.8 Å². The quantitative estimate of drug-likeness (QED) is 0.349. The number of esters is 1. The number of aromatic nitrogens is 3. The minimum atomic E-state index is -0.440. The van der Waals surface area contributed by atoms with Crippen LogP contribution < -0.4 is 11.2 Å². The molecule has 1 unspecified atom stereocenters. The van der Waals surface area contributed by atoms with Gasteiger partial charge >= 0.3 is 5.97 Å². The number of nitrogens with zero attached hydrogens (tertiary/aromatic N) is 3. The zero-order chi connectivity index (χ0) is 20.1. The number of nitrogens with two attached hydrogens (primary N) is 1. The van der Waals surface area contributed by atoms with E-state index in [1.54, 1.807) is 43.3 Å². The number of carbonyl (C=O) groups excluding carboxylic acids is 2. The average Bonchev–Trinajstić information content (AvgIpc) is 3.36. The Bertz CT molecular complexity index is 953. The summed E-state index contributed by atoms with van der Waals surface area (Å²) in [5, 5.41) is 10.8. The summed E-state index contributed by atoms with van der Waals surface area (Å²) in [6, 6.07) is 10.3. The molecule has 0 spiro atoms. The molecule has 146 valence electrons. The Morgan fingerprint density at radius 2 is 2.04 bits per heavy atom. The Morgan fingerprint density at radius 1 is 1.29 bits per heavy atom. The van der Waals surface area contributed by atoms with E-state index in [1.165, 1.54) is 29.8 Å². The van der Waals surface area contributed by atoms with Gasteiger partial charge in [0.1, 0.15) is 0 Å². The fraction of sp³-hybridized carbons (Fsp3) is 0.222. The van der Waals surface area contributed by atoms with Gasteiger partial charge in [-0.3, -0.25) is 4.79 Å². The molecule has 0 aliphatic rings. The molecule has 1 amide bonds. The molecule has 0 fully saturated rings. The lowest BCUT2D eigenvalue weighted by molar-refractivity contribution is -0.120. The van der Waals surface area contributed by atoms with E-state index in [2.05, 4.69) is 20.3 Å². The van der Waals surface area contributed by atoms with Gasteiger partial charge in [0.05, 0.1) is 24.2 Å². The van der Waals surface area contributed by atoms with Gasteiger partial charge in [-0.1, -0.05) is 23.9 Å². The lowest BCUT2D eigenvalue weighted by Crippen LogP contribution is -2.30. The Morgan fingerprint density at radius 3 is 2.68 bits per heavy atom. The number of thioether (sulfide) groups is 1. The Balaban J connectivity index is 1.56. The number of benzene rings is 1. The molecule has 1 atom stereocenters. The van der Waals surface area contributed by atoms with Crippen LogP contribution in [0.2, 0.25) is 0 Å². The largest absolute Gasteiger partial charge is 0.465 e. The van der Waals surface area contributed by atoms with E-state index in [-0.39, 0.29) is 5.91 Å². The molecule has 0 radical (unpaired) electrons. The van der Waals surface area contributed by atoms with Crippen LogP contribution in [0, 0.1) is 0 Å². The van der Waals surface area contributed by atoms with Gasteiger partial charge < -0.3 is 20.3 Å². The lowest BCUT2D eigenvalue weighted by Gasteiger charge is -2.11. The first-order valence-electron chi connectivity index (χ1n) is 8.35. The van der Waals surface area contributed by atoms with E-state index in [4.69, 9.17) is 10.3 Å². The summed E-state index contributed by atoms with van der Waals surface area (Å²) in [5.41, 5.74) is 1.32. The highest BCUT2D eigenvalue weighted by Crippen LogP contribution is 2.25. The highest BCUT2D eigenvalue weighted by atomic mass is 32.2. The van der Waals surface area contributed by atoms with Crippen LogP contribution in [0.5, 0.6) is 0 Å². The second-order valence-corrected chi connectivity index (χ2v) is 7.13. The maximum atomic E-state index is 12.4. The number of methoxy groups -OCH3 is 1. The summed E-state index contributed by atoms with van der Waals surface area (Å²) in [4.78, 5) is 23.8. The third kappa shape index (κ3) is 4.34. The molecule has 0 aliphatic carbocycles. The molecule has 3 N–H and O–H groups in total. The van der Waals surface area contributed by atoms with Crippen molar-refractivity contribution in [3.05, 3.63) is 53.8 Å². The van der Waals surface area contributed by atoms with E-state index in [0.29, 0.717) is 28.8 Å². The van der Waals surface area contributed by atoms with E-state index in [1.807, 2.05) is 0 Å². The van der Waals surface area contributed by atoms with Gasteiger partial charge in [-0.2, -0.15) is 0 Å². The first-order valence-corrected chi connectivity index (χ1v) is 9.23. The maximum Gasteiger partial charge on any atom is 0.337 e. The Labute approximate surface area is 165 Å². The highest BCUT2D eigenvalue weighted by Gasteiger charge is 2.20. The van der Waals surface area contributed by atoms with Crippen molar-refractivity contribution in [1.29, 1.82) is 0 Å². The molecule has 0 saturated heterocycles. The maximum absolute atomic E-state index is 12.4. The van der Waals surface area contributed by atoms with Crippen molar-refractivity contribution in [3.63, 3.8) is 0 Å². The summed E-state index contributed by atoms with van der Waals surface area (Å²) in [6.07, 6.45) is 1.52. The number of nitrogen functional groups attached to an aromatic ring is 1. The standard InChI is InChI=1S/C18H19N5O4S/c1-11(28-18-22-21-15(23(18)19)14-4-3-9-27-14)16(24)20-10-12-5-7-13(8-6-12)17(25)26-2/h3-9,11H,10,19H2,1-2H3,(H,20,24). The zero-order valence-electron chi connectivity index (χ0n) is 15.3. The second kappa shape index (κ2) is 8.61. The Kier molecular flexibility index (Phi) is 5.99. The SMILES string of the molecule is COC(=O)c1ccc(CNC(=O)C(C)Sc2nnc(-c3ccco3)n2N)cc1. The van der Waals surface area contributed by atoms with Crippen molar-refractivity contribution in [1.82, 2.24) is 20.2 Å². The summed E-state index contributed by atoms with van der Waals surface area (Å²) in [5.74, 6) is 6.30. The average molecular weight is 401 g/mol. The number of ether oxygens (including phenoxy) is 1. The number of carbonyl (C=O) groups is 2. The van der Waals surface area contributed by atoms with Crippen molar-refractivity contribution in [2.45, 2.75) is 23.9 Å². The third-order valence-corrected chi connectivity index (χ3v) is 4.96. The van der Waals surface area contributed by atoms with Crippen molar-refractivity contribution >= 4 is 23.6 Å². The summed E-state index contributed by atoms with van der Waals surface area (Å²) in [7, 11) is 1.33. The van der Waals surface area contributed by atoms with Gasteiger partial charge in [-0.15, -0.1) is 10.2 Å². The predicted octanol–water partition coefficient (Wildman–Crippen LogP) is 1.84. The van der Waals surface area contributed by atoms with Gasteiger partial charge in [-0.05, 0) is 36.8 Å². The van der Waals surface area contributed by atoms with Gasteiger partial charge in [0.25, 0.3) is 0 Å². The summed E-state index contributed by atoms with van der Waals surface area (Å²) >= 11 is 1.19. The van der Waals surface area contributed by atoms with Gasteiger partial charge in [0.15, 0.2) is 5.76 Å². The molecular weight excluding hydrogens is 382 g/mol. The van der Waals surface area contributed by atoms with E-state index in [0.717, 1.165) is 5.56 Å². The normalized spacial score (nSPS) is 11.8. The minimum Gasteiger partial charge on any atom is -0.465 e. The van der Waals surface area contributed by atoms with Crippen molar-refractivity contribution in [3.8, 4) is 11.6 Å². The van der Waals surface area contributed by atoms with Crippen molar-refractivity contribution in [2.75, 3.05) is 13.0 Å². The zero-order valence-corrected chi connectivity index (χ0v) is 16.1. The van der Waals surface area contributed by atoms with Gasteiger partial charge in [0.2, 0.25) is 16.9 Å². The smallest absolute Gasteiger partial charge is 0.337 e. The van der Waals surface area contributed by atoms with Crippen LogP contribution in [-0.2, 0) is 16.1 Å². The molecule has 0 saturated carbocycles. The fourth-order valence-electron chi connectivity index (χ4n) is 2.35. The number of nitrogens with one attached hydrogen (secondary N) is 1. The number of rotatable bonds is 7. The highest BCUT2D eigenvalue weighted by molar-refractivity contribution is 8.00. The van der Waals surface area contributed by atoms with E-state index in [9.17, 15) is 9.59 Å². The first kappa shape index (κ1) is 19.5. The molecule has 1 aromatic carbocycles. The third-order valence-electron chi connectivity index (χ3n) is 3.90. The van der Waals surface area contributed by atoms with Gasteiger partial charge in [0, 0.05) is 6.54 Å². The Hall–Kier alpha value is -3.27. The van der Waals surface area contributed by atoms with Crippen LogP contribution in [0.3, 0.4) is 0 Å². The molecule has 0 bridgehead atoms. The van der Waals surface area contributed by atoms with Crippen molar-refractivity contribution in [2.24, 2.45) is 0 Å².